The first-order valence-corrected chi connectivity index (χ1v) is 8.18. The highest BCUT2D eigenvalue weighted by Crippen LogP contribution is 2.31. The largest absolute Gasteiger partial charge is 0.254 e. The van der Waals surface area contributed by atoms with Crippen molar-refractivity contribution in [3.63, 3.8) is 0 Å². The molecule has 1 nitrogen and oxygen atoms in total. The van der Waals surface area contributed by atoms with Gasteiger partial charge in [0.15, 0.2) is 0 Å². The summed E-state index contributed by atoms with van der Waals surface area (Å²) in [5, 5.41) is 2.51. The zero-order chi connectivity index (χ0) is 13.4. The normalized spacial score (nSPS) is 18.2. The Morgan fingerprint density at radius 2 is 2.00 bits per heavy atom. The van der Waals surface area contributed by atoms with Gasteiger partial charge in [-0.15, -0.1) is 0 Å². The Hall–Kier alpha value is -1.41. The van der Waals surface area contributed by atoms with E-state index in [4.69, 9.17) is 0 Å². The highest BCUT2D eigenvalue weighted by Gasteiger charge is 2.17. The molecule has 1 atom stereocenters. The minimum absolute atomic E-state index is 0.697. The Morgan fingerprint density at radius 3 is 2.74 bits per heavy atom. The molecule has 1 heterocycles. The van der Waals surface area contributed by atoms with Crippen molar-refractivity contribution >= 4 is 27.6 Å². The molecule has 0 aromatic heterocycles. The van der Waals surface area contributed by atoms with Gasteiger partial charge in [-0.2, -0.15) is 0 Å². The lowest BCUT2D eigenvalue weighted by molar-refractivity contribution is 0.683. The summed E-state index contributed by atoms with van der Waals surface area (Å²) in [6.07, 6.45) is 4.24. The van der Waals surface area contributed by atoms with Crippen LogP contribution in [0.1, 0.15) is 31.4 Å². The fourth-order valence-corrected chi connectivity index (χ4v) is 4.13. The van der Waals surface area contributed by atoms with E-state index in [1.54, 1.807) is 0 Å². The molecule has 1 unspecified atom stereocenters. The molecule has 98 valence electrons. The van der Waals surface area contributed by atoms with Crippen LogP contribution in [0.4, 0.5) is 0 Å². The topological polar surface area (TPSA) is 17.1 Å². The molecule has 1 aliphatic heterocycles. The monoisotopic (exact) mass is 270 g/mol. The van der Waals surface area contributed by atoms with Crippen LogP contribution in [0.15, 0.2) is 40.8 Å². The molecule has 19 heavy (non-hydrogen) atoms. The quantitative estimate of drug-likeness (QED) is 0.794. The SMILES string of the molecule is CCC1=Cc2cc3c(CC)cccc3cc2S(=O)C1. The molecule has 0 radical (unpaired) electrons. The number of fused-ring (bicyclic) bond motifs is 2. The molecule has 0 bridgehead atoms. The van der Waals surface area contributed by atoms with Crippen molar-refractivity contribution in [3.8, 4) is 0 Å². The minimum atomic E-state index is -0.878. The van der Waals surface area contributed by atoms with Gasteiger partial charge in [-0.05, 0) is 46.9 Å². The number of rotatable bonds is 2. The van der Waals surface area contributed by atoms with Gasteiger partial charge in [0, 0.05) is 10.6 Å². The van der Waals surface area contributed by atoms with Gasteiger partial charge >= 0.3 is 0 Å². The molecule has 0 saturated heterocycles. The van der Waals surface area contributed by atoms with Crippen LogP contribution >= 0.6 is 0 Å². The van der Waals surface area contributed by atoms with E-state index in [2.05, 4.69) is 50.3 Å². The van der Waals surface area contributed by atoms with E-state index in [0.29, 0.717) is 5.75 Å². The van der Waals surface area contributed by atoms with E-state index in [1.807, 2.05) is 0 Å². The molecule has 1 aliphatic rings. The average Bonchev–Trinajstić information content (AvgIpc) is 2.44. The predicted molar refractivity (Wildman–Crippen MR) is 82.9 cm³/mol. The van der Waals surface area contributed by atoms with Crippen molar-refractivity contribution in [2.75, 3.05) is 5.75 Å². The average molecular weight is 270 g/mol. The Balaban J connectivity index is 2.29. The van der Waals surface area contributed by atoms with E-state index in [0.717, 1.165) is 23.3 Å². The van der Waals surface area contributed by atoms with E-state index in [1.165, 1.54) is 21.9 Å². The third kappa shape index (κ3) is 2.14. The van der Waals surface area contributed by atoms with Gasteiger partial charge in [0.25, 0.3) is 0 Å². The molecular formula is C17H18OS. The standard InChI is InChI=1S/C17H18OS/c1-3-12-8-15-9-16-13(4-2)6-5-7-14(16)10-17(15)19(18)11-12/h5-10H,3-4,11H2,1-2H3. The lowest BCUT2D eigenvalue weighted by Crippen LogP contribution is -2.08. The molecule has 2 aromatic rings. The molecular weight excluding hydrogens is 252 g/mol. The summed E-state index contributed by atoms with van der Waals surface area (Å²) in [6, 6.07) is 10.7. The summed E-state index contributed by atoms with van der Waals surface area (Å²) in [7, 11) is -0.878. The van der Waals surface area contributed by atoms with Gasteiger partial charge in [0.05, 0.1) is 10.8 Å². The first-order valence-electron chi connectivity index (χ1n) is 6.86. The molecule has 0 amide bonds. The van der Waals surface area contributed by atoms with Crippen molar-refractivity contribution < 1.29 is 4.21 Å². The van der Waals surface area contributed by atoms with Gasteiger partial charge in [-0.25, -0.2) is 0 Å². The Kier molecular flexibility index (Phi) is 3.28. The zero-order valence-corrected chi connectivity index (χ0v) is 12.2. The lowest BCUT2D eigenvalue weighted by Gasteiger charge is -2.17. The van der Waals surface area contributed by atoms with Gasteiger partial charge in [0.2, 0.25) is 0 Å². The summed E-state index contributed by atoms with van der Waals surface area (Å²) < 4.78 is 12.3. The van der Waals surface area contributed by atoms with Crippen molar-refractivity contribution in [2.45, 2.75) is 31.6 Å². The van der Waals surface area contributed by atoms with Gasteiger partial charge in [-0.3, -0.25) is 4.21 Å². The van der Waals surface area contributed by atoms with Crippen LogP contribution in [-0.2, 0) is 17.2 Å². The van der Waals surface area contributed by atoms with E-state index < -0.39 is 10.8 Å². The highest BCUT2D eigenvalue weighted by molar-refractivity contribution is 7.85. The molecule has 0 aliphatic carbocycles. The fourth-order valence-electron chi connectivity index (χ4n) is 2.72. The Bertz CT molecular complexity index is 698. The molecule has 0 saturated carbocycles. The maximum atomic E-state index is 12.3. The maximum absolute atomic E-state index is 12.3. The predicted octanol–water partition coefficient (Wildman–Crippen LogP) is 4.32. The Labute approximate surface area is 116 Å². The van der Waals surface area contributed by atoms with Crippen LogP contribution in [0.2, 0.25) is 0 Å². The number of aryl methyl sites for hydroxylation is 1. The second kappa shape index (κ2) is 4.93. The van der Waals surface area contributed by atoms with Gasteiger partial charge in [-0.1, -0.05) is 43.7 Å². The summed E-state index contributed by atoms with van der Waals surface area (Å²) in [5.41, 5.74) is 3.80. The van der Waals surface area contributed by atoms with Crippen LogP contribution in [0.3, 0.4) is 0 Å². The molecule has 0 spiro atoms. The molecule has 0 fully saturated rings. The van der Waals surface area contributed by atoms with E-state index in [-0.39, 0.29) is 0 Å². The second-order valence-electron chi connectivity index (χ2n) is 5.03. The first kappa shape index (κ1) is 12.6. The minimum Gasteiger partial charge on any atom is -0.254 e. The smallest absolute Gasteiger partial charge is 0.0577 e. The van der Waals surface area contributed by atoms with E-state index >= 15 is 0 Å². The molecule has 2 heteroatoms. The summed E-state index contributed by atoms with van der Waals surface area (Å²) in [5.74, 6) is 0.697. The second-order valence-corrected chi connectivity index (χ2v) is 6.45. The van der Waals surface area contributed by atoms with Crippen LogP contribution in [0.5, 0.6) is 0 Å². The van der Waals surface area contributed by atoms with Crippen molar-refractivity contribution in [1.82, 2.24) is 0 Å². The van der Waals surface area contributed by atoms with Crippen LogP contribution in [0.25, 0.3) is 16.8 Å². The molecule has 2 aromatic carbocycles. The molecule has 0 N–H and O–H groups in total. The third-order valence-corrected chi connectivity index (χ3v) is 5.33. The lowest BCUT2D eigenvalue weighted by atomic mass is 9.99. The number of benzene rings is 2. The third-order valence-electron chi connectivity index (χ3n) is 3.86. The zero-order valence-electron chi connectivity index (χ0n) is 11.4. The van der Waals surface area contributed by atoms with Crippen LogP contribution in [-0.4, -0.2) is 9.96 Å². The number of hydrogen-bond acceptors (Lipinski definition) is 1. The summed E-state index contributed by atoms with van der Waals surface area (Å²) in [6.45, 7) is 4.31. The number of hydrogen-bond donors (Lipinski definition) is 0. The van der Waals surface area contributed by atoms with Crippen molar-refractivity contribution in [1.29, 1.82) is 0 Å². The summed E-state index contributed by atoms with van der Waals surface area (Å²) in [4.78, 5) is 0.998. The highest BCUT2D eigenvalue weighted by atomic mass is 32.2. The Morgan fingerprint density at radius 1 is 1.16 bits per heavy atom. The van der Waals surface area contributed by atoms with Gasteiger partial charge in [0.1, 0.15) is 0 Å². The van der Waals surface area contributed by atoms with Gasteiger partial charge < -0.3 is 0 Å². The fraction of sp³-hybridized carbons (Fsp3) is 0.294. The summed E-state index contributed by atoms with van der Waals surface area (Å²) >= 11 is 0. The first-order chi connectivity index (χ1) is 9.22. The van der Waals surface area contributed by atoms with E-state index in [9.17, 15) is 4.21 Å². The van der Waals surface area contributed by atoms with Crippen molar-refractivity contribution in [2.24, 2.45) is 0 Å². The maximum Gasteiger partial charge on any atom is 0.0577 e. The van der Waals surface area contributed by atoms with Crippen LogP contribution in [0, 0.1) is 0 Å². The van der Waals surface area contributed by atoms with Crippen molar-refractivity contribution in [3.05, 3.63) is 47.0 Å². The molecule has 3 rings (SSSR count). The van der Waals surface area contributed by atoms with Crippen LogP contribution < -0.4 is 0 Å².